The third-order valence-corrected chi connectivity index (χ3v) is 6.73. The largest absolute Gasteiger partial charge is 0.368 e. The molecule has 2 N–H and O–H groups in total. The minimum absolute atomic E-state index is 0.436. The van der Waals surface area contributed by atoms with Crippen LogP contribution < -0.4 is 10.6 Å². The monoisotopic (exact) mass is 444 g/mol. The molecule has 2 saturated heterocycles. The lowest BCUT2D eigenvalue weighted by Crippen LogP contribution is -2.49. The molecule has 2 aliphatic rings. The van der Waals surface area contributed by atoms with Crippen LogP contribution in [0, 0.1) is 24.2 Å². The first kappa shape index (κ1) is 21.3. The first-order chi connectivity index (χ1) is 16.2. The molecule has 2 aliphatic heterocycles. The number of nitrogens with zero attached hydrogens (tertiary/aromatic N) is 8. The molecule has 2 fully saturated rings. The minimum Gasteiger partial charge on any atom is -0.368 e. The van der Waals surface area contributed by atoms with Gasteiger partial charge in [0.2, 0.25) is 5.95 Å². The summed E-state index contributed by atoms with van der Waals surface area (Å²) in [6.45, 7) is 5.25. The van der Waals surface area contributed by atoms with Gasteiger partial charge in [0.05, 0.1) is 11.9 Å². The van der Waals surface area contributed by atoms with Crippen molar-refractivity contribution in [3.63, 3.8) is 0 Å². The van der Waals surface area contributed by atoms with Crippen molar-refractivity contribution >= 4 is 17.5 Å². The van der Waals surface area contributed by atoms with Crippen LogP contribution in [0.5, 0.6) is 0 Å². The highest BCUT2D eigenvalue weighted by molar-refractivity contribution is 5.62. The second-order valence-electron chi connectivity index (χ2n) is 8.83. The average Bonchev–Trinajstić information content (AvgIpc) is 3.39. The van der Waals surface area contributed by atoms with Crippen LogP contribution in [0.1, 0.15) is 43.2 Å². The Kier molecular flexibility index (Phi) is 6.13. The van der Waals surface area contributed by atoms with E-state index in [1.807, 2.05) is 25.1 Å². The van der Waals surface area contributed by atoms with Crippen molar-refractivity contribution in [2.75, 3.05) is 30.3 Å². The smallest absolute Gasteiger partial charge is 0.229 e. The van der Waals surface area contributed by atoms with E-state index >= 15 is 0 Å². The topological polar surface area (TPSA) is 120 Å². The van der Waals surface area contributed by atoms with Crippen molar-refractivity contribution in [1.29, 1.82) is 5.26 Å². The summed E-state index contributed by atoms with van der Waals surface area (Å²) in [7, 11) is 0. The van der Waals surface area contributed by atoms with Gasteiger partial charge in [-0.2, -0.15) is 10.2 Å². The Morgan fingerprint density at radius 1 is 1.18 bits per heavy atom. The fourth-order valence-electron chi connectivity index (χ4n) is 5.04. The van der Waals surface area contributed by atoms with Gasteiger partial charge in [-0.25, -0.2) is 9.67 Å². The van der Waals surface area contributed by atoms with Crippen molar-refractivity contribution in [3.8, 4) is 11.8 Å². The minimum atomic E-state index is 0.436. The van der Waals surface area contributed by atoms with E-state index in [-0.39, 0.29) is 0 Å². The number of piperidine rings is 2. The Morgan fingerprint density at radius 3 is 2.94 bits per heavy atom. The molecule has 33 heavy (non-hydrogen) atoms. The number of aromatic nitrogens is 6. The number of tetrazole rings is 1. The average molecular weight is 445 g/mol. The molecule has 3 aromatic rings. The summed E-state index contributed by atoms with van der Waals surface area (Å²) in [6, 6.07) is 8.74. The molecule has 0 radical (unpaired) electrons. The summed E-state index contributed by atoms with van der Waals surface area (Å²) in [6.07, 6.45) is 9.48. The maximum atomic E-state index is 9.58. The third-order valence-electron chi connectivity index (χ3n) is 6.73. The zero-order chi connectivity index (χ0) is 22.6. The molecule has 2 aromatic heterocycles. The summed E-state index contributed by atoms with van der Waals surface area (Å²) in [5.41, 5.74) is 3.17. The van der Waals surface area contributed by atoms with Gasteiger partial charge < -0.3 is 15.5 Å². The van der Waals surface area contributed by atoms with Crippen LogP contribution in [-0.2, 0) is 0 Å². The lowest BCUT2D eigenvalue weighted by atomic mass is 9.83. The molecule has 0 amide bonds. The van der Waals surface area contributed by atoms with Gasteiger partial charge in [0.15, 0.2) is 0 Å². The second kappa shape index (κ2) is 9.50. The predicted molar refractivity (Wildman–Crippen MR) is 124 cm³/mol. The molecular formula is C23H28N10. The van der Waals surface area contributed by atoms with Crippen LogP contribution in [0.4, 0.5) is 17.5 Å². The molecule has 2 atom stereocenters. The Hall–Kier alpha value is -3.58. The van der Waals surface area contributed by atoms with Gasteiger partial charge >= 0.3 is 0 Å². The molecule has 0 aliphatic carbocycles. The van der Waals surface area contributed by atoms with E-state index in [1.54, 1.807) is 17.2 Å². The van der Waals surface area contributed by atoms with Crippen LogP contribution in [0.15, 0.2) is 30.7 Å². The van der Waals surface area contributed by atoms with E-state index in [0.717, 1.165) is 23.5 Å². The molecule has 5 rings (SSSR count). The fraction of sp³-hybridized carbons (Fsp3) is 0.478. The number of rotatable bonds is 6. The lowest BCUT2D eigenvalue weighted by molar-refractivity contribution is 0.0649. The zero-order valence-corrected chi connectivity index (χ0v) is 18.8. The Morgan fingerprint density at radius 2 is 2.09 bits per heavy atom. The number of nitriles is 1. The maximum Gasteiger partial charge on any atom is 0.229 e. The third kappa shape index (κ3) is 4.64. The van der Waals surface area contributed by atoms with Crippen LogP contribution in [0.25, 0.3) is 5.69 Å². The van der Waals surface area contributed by atoms with Crippen LogP contribution >= 0.6 is 0 Å². The highest BCUT2D eigenvalue weighted by Gasteiger charge is 2.32. The molecule has 170 valence electrons. The number of hydrogen-bond donors (Lipinski definition) is 2. The number of benzene rings is 1. The Bertz CT molecular complexity index is 1130. The van der Waals surface area contributed by atoms with Crippen LogP contribution in [0.3, 0.4) is 0 Å². The van der Waals surface area contributed by atoms with Crippen LogP contribution in [0.2, 0.25) is 0 Å². The molecule has 4 heterocycles. The Balaban J connectivity index is 1.32. The molecule has 0 bridgehead atoms. The maximum absolute atomic E-state index is 9.58. The number of fused-ring (bicyclic) bond motifs is 1. The summed E-state index contributed by atoms with van der Waals surface area (Å²) >= 11 is 0. The van der Waals surface area contributed by atoms with Gasteiger partial charge in [-0.1, -0.05) is 12.5 Å². The molecule has 0 spiro atoms. The summed E-state index contributed by atoms with van der Waals surface area (Å²) in [4.78, 5) is 11.6. The van der Waals surface area contributed by atoms with Crippen molar-refractivity contribution in [1.82, 2.24) is 35.1 Å². The van der Waals surface area contributed by atoms with Gasteiger partial charge in [0.25, 0.3) is 0 Å². The first-order valence-corrected chi connectivity index (χ1v) is 11.6. The van der Waals surface area contributed by atoms with E-state index in [4.69, 9.17) is 0 Å². The molecule has 10 nitrogen and oxygen atoms in total. The van der Waals surface area contributed by atoms with Gasteiger partial charge in [0, 0.05) is 18.3 Å². The predicted octanol–water partition coefficient (Wildman–Crippen LogP) is 3.05. The molecule has 10 heteroatoms. The van der Waals surface area contributed by atoms with Gasteiger partial charge in [-0.05, 0) is 79.7 Å². The number of nitrogens with one attached hydrogen (secondary N) is 2. The second-order valence-corrected chi connectivity index (χ2v) is 8.83. The van der Waals surface area contributed by atoms with E-state index in [1.165, 1.54) is 45.2 Å². The van der Waals surface area contributed by atoms with Gasteiger partial charge in [-0.15, -0.1) is 5.10 Å². The van der Waals surface area contributed by atoms with Crippen molar-refractivity contribution in [3.05, 3.63) is 41.9 Å². The van der Waals surface area contributed by atoms with E-state index in [2.05, 4.69) is 47.1 Å². The molecular weight excluding hydrogens is 416 g/mol. The van der Waals surface area contributed by atoms with Gasteiger partial charge in [-0.3, -0.25) is 0 Å². The highest BCUT2D eigenvalue weighted by Crippen LogP contribution is 2.31. The standard InChI is InChI=1S/C23H28N10/c1-16-7-8-19(11-21(16)33-15-27-30-31-33)28-23-26-14-18(12-24)22(29-23)25-13-17-5-4-10-32-9-3-2-6-20(17)32/h7-8,11,14-15,17,20H,2-6,9-10,13H2,1H3,(H2,25,26,28,29)/t17-,20+/m0/s1. The van der Waals surface area contributed by atoms with Gasteiger partial charge in [0.1, 0.15) is 23.8 Å². The van der Waals surface area contributed by atoms with E-state index < -0.39 is 0 Å². The molecule has 0 unspecified atom stereocenters. The SMILES string of the molecule is Cc1ccc(Nc2ncc(C#N)c(NC[C@@H]3CCCN4CCCC[C@H]34)n2)cc1-n1cnnn1. The van der Waals surface area contributed by atoms with Crippen molar-refractivity contribution in [2.24, 2.45) is 5.92 Å². The normalized spacial score (nSPS) is 20.6. The van der Waals surface area contributed by atoms with Crippen LogP contribution in [-0.4, -0.2) is 60.8 Å². The van der Waals surface area contributed by atoms with Crippen molar-refractivity contribution in [2.45, 2.75) is 45.1 Å². The summed E-state index contributed by atoms with van der Waals surface area (Å²) in [5, 5.41) is 27.7. The quantitative estimate of drug-likeness (QED) is 0.591. The fourth-order valence-corrected chi connectivity index (χ4v) is 5.04. The molecule has 0 saturated carbocycles. The summed E-state index contributed by atoms with van der Waals surface area (Å²) in [5.74, 6) is 1.59. The number of anilines is 3. The first-order valence-electron chi connectivity index (χ1n) is 11.6. The lowest BCUT2D eigenvalue weighted by Gasteiger charge is -2.44. The number of hydrogen-bond acceptors (Lipinski definition) is 9. The van der Waals surface area contributed by atoms with E-state index in [9.17, 15) is 5.26 Å². The summed E-state index contributed by atoms with van der Waals surface area (Å²) < 4.78 is 1.62. The molecule has 1 aromatic carbocycles. The number of aryl methyl sites for hydroxylation is 1. The van der Waals surface area contributed by atoms with Crippen molar-refractivity contribution < 1.29 is 0 Å². The van der Waals surface area contributed by atoms with E-state index in [0.29, 0.717) is 29.3 Å². The zero-order valence-electron chi connectivity index (χ0n) is 18.8. The Labute approximate surface area is 193 Å². The highest BCUT2D eigenvalue weighted by atomic mass is 15.5.